The van der Waals surface area contributed by atoms with Gasteiger partial charge < -0.3 is 10.2 Å². The van der Waals surface area contributed by atoms with Crippen LogP contribution in [0, 0.1) is 18.8 Å². The van der Waals surface area contributed by atoms with Gasteiger partial charge >= 0.3 is 0 Å². The van der Waals surface area contributed by atoms with Crippen molar-refractivity contribution >= 4 is 17.5 Å². The molecule has 1 aliphatic carbocycles. The lowest BCUT2D eigenvalue weighted by molar-refractivity contribution is -0.116. The Balaban J connectivity index is 1.45. The number of hydrogen-bond acceptors (Lipinski definition) is 5. The van der Waals surface area contributed by atoms with Crippen LogP contribution in [-0.4, -0.2) is 50.0 Å². The van der Waals surface area contributed by atoms with Crippen molar-refractivity contribution in [1.29, 1.82) is 0 Å². The zero-order valence-corrected chi connectivity index (χ0v) is 14.8. The molecular formula is C18H22N6O2. The molecule has 1 saturated carbocycles. The molecule has 0 bridgehead atoms. The summed E-state index contributed by atoms with van der Waals surface area (Å²) in [6.45, 7) is 3.65. The van der Waals surface area contributed by atoms with Gasteiger partial charge in [0.05, 0.1) is 0 Å². The fourth-order valence-corrected chi connectivity index (χ4v) is 4.06. The summed E-state index contributed by atoms with van der Waals surface area (Å²) >= 11 is 0. The predicted molar refractivity (Wildman–Crippen MR) is 94.4 cm³/mol. The van der Waals surface area contributed by atoms with E-state index in [1.807, 2.05) is 24.0 Å². The predicted octanol–water partition coefficient (Wildman–Crippen LogP) is 1.49. The number of carbonyl (C=O) groups is 2. The number of amides is 2. The number of aryl methyl sites for hydroxylation is 1. The number of carbonyl (C=O) groups excluding carboxylic acids is 2. The number of hydrogen-bond donors (Lipinski definition) is 1. The minimum absolute atomic E-state index is 0.0279. The summed E-state index contributed by atoms with van der Waals surface area (Å²) in [4.78, 5) is 27.0. The van der Waals surface area contributed by atoms with E-state index in [4.69, 9.17) is 0 Å². The average Bonchev–Trinajstić information content (AvgIpc) is 3.33. The van der Waals surface area contributed by atoms with Crippen LogP contribution in [0.25, 0.3) is 0 Å². The second-order valence-corrected chi connectivity index (χ2v) is 7.25. The smallest absolute Gasteiger partial charge is 0.253 e. The Morgan fingerprint density at radius 1 is 1.23 bits per heavy atom. The van der Waals surface area contributed by atoms with E-state index >= 15 is 0 Å². The van der Waals surface area contributed by atoms with Crippen LogP contribution in [-0.2, 0) is 11.3 Å². The Kier molecular flexibility index (Phi) is 4.40. The molecule has 0 radical (unpaired) electrons. The lowest BCUT2D eigenvalue weighted by Gasteiger charge is -2.18. The summed E-state index contributed by atoms with van der Waals surface area (Å²) in [5, 5.41) is 13.5. The van der Waals surface area contributed by atoms with Crippen molar-refractivity contribution in [3.8, 4) is 0 Å². The van der Waals surface area contributed by atoms with E-state index in [2.05, 4.69) is 20.8 Å². The van der Waals surface area contributed by atoms with Crippen LogP contribution in [0.2, 0.25) is 0 Å². The number of tetrazole rings is 1. The van der Waals surface area contributed by atoms with Crippen LogP contribution in [0.15, 0.2) is 24.5 Å². The van der Waals surface area contributed by atoms with Gasteiger partial charge in [-0.05, 0) is 59.7 Å². The molecule has 1 aromatic heterocycles. The summed E-state index contributed by atoms with van der Waals surface area (Å²) in [6.07, 6.45) is 5.15. The number of anilines is 1. The van der Waals surface area contributed by atoms with Crippen LogP contribution in [0.4, 0.5) is 5.69 Å². The molecule has 2 atom stereocenters. The molecule has 8 nitrogen and oxygen atoms in total. The van der Waals surface area contributed by atoms with Gasteiger partial charge in [-0.2, -0.15) is 0 Å². The normalized spacial score (nSPS) is 21.7. The Morgan fingerprint density at radius 2 is 2.00 bits per heavy atom. The third-order valence-corrected chi connectivity index (χ3v) is 5.47. The molecule has 2 amide bonds. The summed E-state index contributed by atoms with van der Waals surface area (Å²) in [6, 6.07) is 5.47. The molecule has 8 heteroatoms. The molecule has 1 saturated heterocycles. The first-order valence-corrected chi connectivity index (χ1v) is 9.00. The fraction of sp³-hybridized carbons (Fsp3) is 0.500. The zero-order chi connectivity index (χ0) is 18.1. The molecule has 0 unspecified atom stereocenters. The molecule has 2 aromatic rings. The summed E-state index contributed by atoms with van der Waals surface area (Å²) in [7, 11) is 0. The maximum atomic E-state index is 12.9. The number of benzene rings is 1. The van der Waals surface area contributed by atoms with Crippen molar-refractivity contribution in [2.75, 3.05) is 18.4 Å². The van der Waals surface area contributed by atoms with Gasteiger partial charge in [0.15, 0.2) is 0 Å². The number of nitrogens with zero attached hydrogens (tertiary/aromatic N) is 5. The Morgan fingerprint density at radius 3 is 2.69 bits per heavy atom. The Labute approximate surface area is 151 Å². The number of rotatable bonds is 4. The first kappa shape index (κ1) is 16.7. The van der Waals surface area contributed by atoms with Crippen LogP contribution in [0.1, 0.15) is 35.2 Å². The summed E-state index contributed by atoms with van der Waals surface area (Å²) in [5.41, 5.74) is 2.17. The number of aromatic nitrogens is 4. The SMILES string of the molecule is Cc1ccc(C(=O)N2C[C@H]3CCC[C@H]3C2)cc1NC(=O)Cn1cnnn1. The summed E-state index contributed by atoms with van der Waals surface area (Å²) in [5.74, 6) is 1.15. The minimum Gasteiger partial charge on any atom is -0.338 e. The van der Waals surface area contributed by atoms with E-state index in [1.165, 1.54) is 30.3 Å². The fourth-order valence-electron chi connectivity index (χ4n) is 4.06. The van der Waals surface area contributed by atoms with Crippen LogP contribution in [0.5, 0.6) is 0 Å². The zero-order valence-electron chi connectivity index (χ0n) is 14.8. The number of likely N-dealkylation sites (tertiary alicyclic amines) is 1. The van der Waals surface area contributed by atoms with Crippen molar-refractivity contribution in [2.24, 2.45) is 11.8 Å². The third-order valence-electron chi connectivity index (χ3n) is 5.47. The molecule has 26 heavy (non-hydrogen) atoms. The van der Waals surface area contributed by atoms with E-state index < -0.39 is 0 Å². The largest absolute Gasteiger partial charge is 0.338 e. The first-order chi connectivity index (χ1) is 12.6. The maximum Gasteiger partial charge on any atom is 0.253 e. The highest BCUT2D eigenvalue weighted by Crippen LogP contribution is 2.38. The Bertz CT molecular complexity index is 807. The van der Waals surface area contributed by atoms with Crippen LogP contribution in [0.3, 0.4) is 0 Å². The van der Waals surface area contributed by atoms with Gasteiger partial charge in [-0.3, -0.25) is 9.59 Å². The van der Waals surface area contributed by atoms with Gasteiger partial charge in [0, 0.05) is 24.3 Å². The molecule has 0 spiro atoms. The van der Waals surface area contributed by atoms with Crippen molar-refractivity contribution in [3.05, 3.63) is 35.7 Å². The second kappa shape index (κ2) is 6.86. The molecule has 136 valence electrons. The molecule has 1 aliphatic heterocycles. The van der Waals surface area contributed by atoms with Crippen molar-refractivity contribution in [3.63, 3.8) is 0 Å². The van der Waals surface area contributed by atoms with Gasteiger partial charge in [0.25, 0.3) is 5.91 Å². The third kappa shape index (κ3) is 3.31. The summed E-state index contributed by atoms with van der Waals surface area (Å²) < 4.78 is 1.35. The van der Waals surface area contributed by atoms with E-state index in [1.54, 1.807) is 6.07 Å². The number of fused-ring (bicyclic) bond motifs is 1. The first-order valence-electron chi connectivity index (χ1n) is 9.00. The van der Waals surface area contributed by atoms with Gasteiger partial charge in [-0.15, -0.1) is 5.10 Å². The van der Waals surface area contributed by atoms with Crippen molar-refractivity contribution in [2.45, 2.75) is 32.7 Å². The minimum atomic E-state index is -0.235. The monoisotopic (exact) mass is 354 g/mol. The van der Waals surface area contributed by atoms with Crippen molar-refractivity contribution in [1.82, 2.24) is 25.1 Å². The maximum absolute atomic E-state index is 12.9. The molecule has 1 N–H and O–H groups in total. The second-order valence-electron chi connectivity index (χ2n) is 7.25. The topological polar surface area (TPSA) is 93.0 Å². The molecule has 4 rings (SSSR count). The lowest BCUT2D eigenvalue weighted by Crippen LogP contribution is -2.29. The molecule has 2 heterocycles. The molecule has 2 aliphatic rings. The molecular weight excluding hydrogens is 332 g/mol. The van der Waals surface area contributed by atoms with E-state index in [-0.39, 0.29) is 18.4 Å². The average molecular weight is 354 g/mol. The quantitative estimate of drug-likeness (QED) is 0.898. The molecule has 2 fully saturated rings. The Hall–Kier alpha value is -2.77. The van der Waals surface area contributed by atoms with Gasteiger partial charge in [-0.1, -0.05) is 12.5 Å². The standard InChI is InChI=1S/C18H22N6O2/c1-12-5-6-13(18(26)23-8-14-3-2-4-15(14)9-23)7-16(12)20-17(25)10-24-11-19-21-22-24/h5-7,11,14-15H,2-4,8-10H2,1H3,(H,20,25)/t14-,15+. The van der Waals surface area contributed by atoms with Crippen LogP contribution >= 0.6 is 0 Å². The highest BCUT2D eigenvalue weighted by molar-refractivity contribution is 5.97. The van der Waals surface area contributed by atoms with Gasteiger partial charge in [0.2, 0.25) is 5.91 Å². The van der Waals surface area contributed by atoms with Gasteiger partial charge in [0.1, 0.15) is 12.9 Å². The van der Waals surface area contributed by atoms with E-state index in [0.29, 0.717) is 23.1 Å². The van der Waals surface area contributed by atoms with Crippen molar-refractivity contribution < 1.29 is 9.59 Å². The lowest BCUT2D eigenvalue weighted by atomic mass is 10.0. The van der Waals surface area contributed by atoms with E-state index in [0.717, 1.165) is 18.7 Å². The molecule has 1 aromatic carbocycles. The van der Waals surface area contributed by atoms with Crippen LogP contribution < -0.4 is 5.32 Å². The highest BCUT2D eigenvalue weighted by Gasteiger charge is 2.38. The highest BCUT2D eigenvalue weighted by atomic mass is 16.2. The number of nitrogens with one attached hydrogen (secondary N) is 1. The van der Waals surface area contributed by atoms with E-state index in [9.17, 15) is 9.59 Å². The van der Waals surface area contributed by atoms with Gasteiger partial charge in [-0.25, -0.2) is 4.68 Å².